The van der Waals surface area contributed by atoms with E-state index >= 15 is 0 Å². The summed E-state index contributed by atoms with van der Waals surface area (Å²) in [6.07, 6.45) is 15.4. The molecule has 0 aromatic carbocycles. The fourth-order valence-corrected chi connectivity index (χ4v) is 7.76. The van der Waals surface area contributed by atoms with Crippen LogP contribution in [0, 0.1) is 34.5 Å². The van der Waals surface area contributed by atoms with Gasteiger partial charge in [-0.15, -0.1) is 0 Å². The fraction of sp³-hybridized carbons (Fsp3) is 0.917. The van der Waals surface area contributed by atoms with E-state index in [4.69, 9.17) is 4.74 Å². The van der Waals surface area contributed by atoms with E-state index in [-0.39, 0.29) is 0 Å². The van der Waals surface area contributed by atoms with Crippen LogP contribution in [-0.2, 0) is 4.74 Å². The lowest BCUT2D eigenvalue weighted by molar-refractivity contribution is -0.129. The first kappa shape index (κ1) is 20.4. The van der Waals surface area contributed by atoms with Crippen molar-refractivity contribution in [3.8, 4) is 0 Å². The zero-order valence-corrected chi connectivity index (χ0v) is 17.7. The van der Waals surface area contributed by atoms with Crippen LogP contribution in [0.15, 0.2) is 11.6 Å². The summed E-state index contributed by atoms with van der Waals surface area (Å²) in [6.45, 7) is 8.38. The molecule has 0 spiro atoms. The molecule has 0 unspecified atom stereocenters. The van der Waals surface area contributed by atoms with Gasteiger partial charge in [0.2, 0.25) is 0 Å². The van der Waals surface area contributed by atoms with Gasteiger partial charge < -0.3 is 9.84 Å². The van der Waals surface area contributed by atoms with E-state index in [9.17, 15) is 5.11 Å². The van der Waals surface area contributed by atoms with Crippen molar-refractivity contribution in [2.24, 2.45) is 34.5 Å². The first-order valence-electron chi connectivity index (χ1n) is 11.3. The van der Waals surface area contributed by atoms with Crippen molar-refractivity contribution in [1.29, 1.82) is 0 Å². The molecular weight excluding hydrogens is 320 g/mol. The predicted molar refractivity (Wildman–Crippen MR) is 109 cm³/mol. The van der Waals surface area contributed by atoms with Crippen molar-refractivity contribution in [2.45, 2.75) is 85.0 Å². The SMILES string of the molecule is C/C=C1/CC[C@H]2[C@@H]3CC[C@H](CCO)[C@@](CCCC)(COC)[C@H]3CC[C@]12C. The Morgan fingerprint density at radius 1 is 1.19 bits per heavy atom. The normalized spacial score (nSPS) is 44.1. The second-order valence-corrected chi connectivity index (χ2v) is 9.74. The number of methoxy groups -OCH3 is 1. The van der Waals surface area contributed by atoms with Crippen LogP contribution < -0.4 is 0 Å². The molecule has 0 aromatic rings. The first-order chi connectivity index (χ1) is 12.6. The summed E-state index contributed by atoms with van der Waals surface area (Å²) >= 11 is 0. The molecule has 26 heavy (non-hydrogen) atoms. The van der Waals surface area contributed by atoms with Crippen molar-refractivity contribution >= 4 is 0 Å². The molecule has 0 aromatic heterocycles. The van der Waals surface area contributed by atoms with Crippen LogP contribution in [-0.4, -0.2) is 25.4 Å². The number of aliphatic hydroxyl groups excluding tert-OH is 1. The summed E-state index contributed by atoms with van der Waals surface area (Å²) < 4.78 is 5.89. The van der Waals surface area contributed by atoms with Crippen molar-refractivity contribution in [1.82, 2.24) is 0 Å². The van der Waals surface area contributed by atoms with Gasteiger partial charge in [-0.1, -0.05) is 38.3 Å². The lowest BCUT2D eigenvalue weighted by Crippen LogP contribution is -2.54. The molecule has 1 N–H and O–H groups in total. The van der Waals surface area contributed by atoms with Crippen LogP contribution in [0.3, 0.4) is 0 Å². The highest BCUT2D eigenvalue weighted by Crippen LogP contribution is 2.66. The summed E-state index contributed by atoms with van der Waals surface area (Å²) in [6, 6.07) is 0. The molecule has 2 heteroatoms. The molecule has 2 nitrogen and oxygen atoms in total. The monoisotopic (exact) mass is 362 g/mol. The van der Waals surface area contributed by atoms with Crippen LogP contribution in [0.25, 0.3) is 0 Å². The third-order valence-corrected chi connectivity index (χ3v) is 8.92. The van der Waals surface area contributed by atoms with Crippen molar-refractivity contribution < 1.29 is 9.84 Å². The molecule has 3 aliphatic carbocycles. The average Bonchev–Trinajstić information content (AvgIpc) is 2.98. The highest BCUT2D eigenvalue weighted by Gasteiger charge is 2.59. The highest BCUT2D eigenvalue weighted by molar-refractivity contribution is 5.23. The largest absolute Gasteiger partial charge is 0.396 e. The van der Waals surface area contributed by atoms with Crippen LogP contribution in [0.2, 0.25) is 0 Å². The van der Waals surface area contributed by atoms with Crippen molar-refractivity contribution in [2.75, 3.05) is 20.3 Å². The van der Waals surface area contributed by atoms with E-state index in [1.807, 2.05) is 7.11 Å². The minimum absolute atomic E-state index is 0.302. The maximum absolute atomic E-state index is 9.75. The maximum Gasteiger partial charge on any atom is 0.0524 e. The lowest BCUT2D eigenvalue weighted by Gasteiger charge is -2.59. The minimum atomic E-state index is 0.302. The van der Waals surface area contributed by atoms with Crippen LogP contribution in [0.1, 0.15) is 85.0 Å². The van der Waals surface area contributed by atoms with Gasteiger partial charge in [0, 0.05) is 13.7 Å². The first-order valence-corrected chi connectivity index (χ1v) is 11.3. The summed E-state index contributed by atoms with van der Waals surface area (Å²) in [5.41, 5.74) is 2.50. The van der Waals surface area contributed by atoms with E-state index in [1.165, 1.54) is 57.8 Å². The Balaban J connectivity index is 1.93. The molecule has 6 atom stereocenters. The van der Waals surface area contributed by atoms with Crippen molar-refractivity contribution in [3.05, 3.63) is 11.6 Å². The molecule has 0 bridgehead atoms. The Labute approximate surface area is 161 Å². The van der Waals surface area contributed by atoms with Crippen molar-refractivity contribution in [3.63, 3.8) is 0 Å². The number of unbranched alkanes of at least 4 members (excludes halogenated alkanes) is 1. The van der Waals surface area contributed by atoms with E-state index in [0.29, 0.717) is 23.4 Å². The third kappa shape index (κ3) is 3.20. The third-order valence-electron chi connectivity index (χ3n) is 8.92. The van der Waals surface area contributed by atoms with E-state index in [0.717, 1.165) is 30.8 Å². The van der Waals surface area contributed by atoms with Gasteiger partial charge in [0.15, 0.2) is 0 Å². The number of hydrogen-bond acceptors (Lipinski definition) is 2. The molecule has 3 rings (SSSR count). The van der Waals surface area contributed by atoms with Gasteiger partial charge in [0.1, 0.15) is 0 Å². The second kappa shape index (κ2) is 8.35. The number of rotatable bonds is 7. The fourth-order valence-electron chi connectivity index (χ4n) is 7.76. The van der Waals surface area contributed by atoms with Gasteiger partial charge in [0.25, 0.3) is 0 Å². The Morgan fingerprint density at radius 2 is 2.00 bits per heavy atom. The molecule has 0 heterocycles. The molecular formula is C24H42O2. The summed E-state index contributed by atoms with van der Waals surface area (Å²) in [7, 11) is 1.90. The maximum atomic E-state index is 9.75. The van der Waals surface area contributed by atoms with E-state index < -0.39 is 0 Å². The van der Waals surface area contributed by atoms with Gasteiger partial charge in [-0.05, 0) is 92.8 Å². The molecule has 0 saturated heterocycles. The molecule has 0 radical (unpaired) electrons. The van der Waals surface area contributed by atoms with Crippen LogP contribution in [0.4, 0.5) is 0 Å². The van der Waals surface area contributed by atoms with Gasteiger partial charge in [-0.25, -0.2) is 0 Å². The number of hydrogen-bond donors (Lipinski definition) is 1. The molecule has 0 aliphatic heterocycles. The lowest BCUT2D eigenvalue weighted by atomic mass is 9.46. The Bertz CT molecular complexity index is 498. The zero-order chi connectivity index (χ0) is 18.8. The Hall–Kier alpha value is -0.340. The smallest absolute Gasteiger partial charge is 0.0524 e. The molecule has 0 amide bonds. The van der Waals surface area contributed by atoms with E-state index in [1.54, 1.807) is 5.57 Å². The number of ether oxygens (including phenoxy) is 1. The number of allylic oxidation sites excluding steroid dienone is 2. The second-order valence-electron chi connectivity index (χ2n) is 9.74. The van der Waals surface area contributed by atoms with E-state index in [2.05, 4.69) is 26.8 Å². The highest BCUT2D eigenvalue weighted by atomic mass is 16.5. The topological polar surface area (TPSA) is 29.5 Å². The molecule has 3 fully saturated rings. The molecule has 150 valence electrons. The average molecular weight is 363 g/mol. The zero-order valence-electron chi connectivity index (χ0n) is 17.7. The Kier molecular flexibility index (Phi) is 6.55. The number of fused-ring (bicyclic) bond motifs is 3. The Morgan fingerprint density at radius 3 is 2.65 bits per heavy atom. The van der Waals surface area contributed by atoms with Gasteiger partial charge in [0.05, 0.1) is 6.61 Å². The van der Waals surface area contributed by atoms with Gasteiger partial charge in [-0.2, -0.15) is 0 Å². The number of aliphatic hydroxyl groups is 1. The van der Waals surface area contributed by atoms with Gasteiger partial charge in [-0.3, -0.25) is 0 Å². The summed E-state index contributed by atoms with van der Waals surface area (Å²) in [4.78, 5) is 0. The molecule has 3 saturated carbocycles. The quantitative estimate of drug-likeness (QED) is 0.564. The summed E-state index contributed by atoms with van der Waals surface area (Å²) in [5, 5.41) is 9.75. The standard InChI is InChI=1S/C24H42O2/c1-5-7-14-24(17-26-4)19(13-16-25)8-10-20-21-11-9-18(6-2)23(21,3)15-12-22(20)24/h6,19-22,25H,5,7-17H2,1-4H3/b18-6-/t19-,20+,21+,22+,23-,24-/m1/s1. The summed E-state index contributed by atoms with van der Waals surface area (Å²) in [5.74, 6) is 3.19. The van der Waals surface area contributed by atoms with Crippen LogP contribution in [0.5, 0.6) is 0 Å². The minimum Gasteiger partial charge on any atom is -0.396 e. The van der Waals surface area contributed by atoms with Gasteiger partial charge >= 0.3 is 0 Å². The van der Waals surface area contributed by atoms with Crippen LogP contribution >= 0.6 is 0 Å². The predicted octanol–water partition coefficient (Wildman–Crippen LogP) is 5.99. The molecule has 3 aliphatic rings.